The Morgan fingerprint density at radius 1 is 1.11 bits per heavy atom. The Bertz CT molecular complexity index is 1490. The van der Waals surface area contributed by atoms with Crippen LogP contribution in [0, 0.1) is 0 Å². The van der Waals surface area contributed by atoms with Crippen LogP contribution in [0.25, 0.3) is 16.9 Å². The van der Waals surface area contributed by atoms with Crippen molar-refractivity contribution in [1.29, 1.82) is 0 Å². The summed E-state index contributed by atoms with van der Waals surface area (Å²) in [5, 5.41) is 9.08. The van der Waals surface area contributed by atoms with Crippen molar-refractivity contribution < 1.29 is 14.3 Å². The van der Waals surface area contributed by atoms with Gasteiger partial charge in [-0.1, -0.05) is 6.07 Å². The molecule has 10 heteroatoms. The third-order valence-corrected chi connectivity index (χ3v) is 6.74. The Hall–Kier alpha value is -4.44. The molecule has 3 N–H and O–H groups in total. The SMILES string of the molecule is CCNC(=O)c1ccn2c(-c3ccc(Nc4ccc(N5CCOCC5)cn4)c4c3CNC4=O)cnc2c1. The molecular weight excluding hydrogens is 470 g/mol. The summed E-state index contributed by atoms with van der Waals surface area (Å²) in [4.78, 5) is 36.4. The molecule has 188 valence electrons. The lowest BCUT2D eigenvalue weighted by Crippen LogP contribution is -2.36. The van der Waals surface area contributed by atoms with E-state index in [0.717, 1.165) is 48.8 Å². The number of hydrogen-bond acceptors (Lipinski definition) is 7. The number of ether oxygens (including phenoxy) is 1. The van der Waals surface area contributed by atoms with E-state index in [-0.39, 0.29) is 11.8 Å². The molecule has 2 aliphatic heterocycles. The molecule has 37 heavy (non-hydrogen) atoms. The number of rotatable bonds is 6. The molecule has 4 aromatic rings. The summed E-state index contributed by atoms with van der Waals surface area (Å²) in [6, 6.07) is 11.4. The second-order valence-corrected chi connectivity index (χ2v) is 8.97. The van der Waals surface area contributed by atoms with Crippen LogP contribution >= 0.6 is 0 Å². The largest absolute Gasteiger partial charge is 0.378 e. The fraction of sp³-hybridized carbons (Fsp3) is 0.259. The maximum absolute atomic E-state index is 12.8. The lowest BCUT2D eigenvalue weighted by molar-refractivity contribution is 0.0951. The number of imidazole rings is 1. The Labute approximate surface area is 213 Å². The summed E-state index contributed by atoms with van der Waals surface area (Å²) < 4.78 is 7.36. The van der Waals surface area contributed by atoms with Crippen LogP contribution in [0.5, 0.6) is 0 Å². The molecule has 10 nitrogen and oxygen atoms in total. The van der Waals surface area contributed by atoms with Crippen LogP contribution in [0.2, 0.25) is 0 Å². The number of benzene rings is 1. The van der Waals surface area contributed by atoms with Gasteiger partial charge in [0.15, 0.2) is 0 Å². The summed E-state index contributed by atoms with van der Waals surface area (Å²) in [6.07, 6.45) is 5.45. The third-order valence-electron chi connectivity index (χ3n) is 6.74. The summed E-state index contributed by atoms with van der Waals surface area (Å²) in [5.74, 6) is 0.406. The van der Waals surface area contributed by atoms with E-state index in [1.165, 1.54) is 0 Å². The van der Waals surface area contributed by atoms with Crippen molar-refractivity contribution in [3.63, 3.8) is 0 Å². The van der Waals surface area contributed by atoms with Crippen LogP contribution in [0.3, 0.4) is 0 Å². The summed E-state index contributed by atoms with van der Waals surface area (Å²) in [7, 11) is 0. The van der Waals surface area contributed by atoms with Crippen LogP contribution in [0.4, 0.5) is 17.2 Å². The number of nitrogens with zero attached hydrogens (tertiary/aromatic N) is 4. The van der Waals surface area contributed by atoms with Crippen molar-refractivity contribution >= 4 is 34.7 Å². The second kappa shape index (κ2) is 9.55. The second-order valence-electron chi connectivity index (χ2n) is 8.97. The number of nitrogens with one attached hydrogen (secondary N) is 3. The highest BCUT2D eigenvalue weighted by Crippen LogP contribution is 2.35. The lowest BCUT2D eigenvalue weighted by Gasteiger charge is -2.28. The van der Waals surface area contributed by atoms with Crippen molar-refractivity contribution in [2.45, 2.75) is 13.5 Å². The highest BCUT2D eigenvalue weighted by Gasteiger charge is 2.27. The standard InChI is InChI=1S/C27H27N7O3/c1-2-28-26(35)17-7-8-34-22(16-30-24(34)13-17)19-4-5-21(25-20(19)15-31-27(25)36)32-23-6-3-18(14-29-23)33-9-11-37-12-10-33/h3-8,13-14,16H,2,9-12,15H2,1H3,(H,28,35)(H,29,32)(H,31,36). The van der Waals surface area contributed by atoms with Crippen molar-refractivity contribution in [1.82, 2.24) is 25.0 Å². The van der Waals surface area contributed by atoms with E-state index in [2.05, 4.69) is 30.8 Å². The van der Waals surface area contributed by atoms with Gasteiger partial charge in [0.2, 0.25) is 0 Å². The fourth-order valence-corrected chi connectivity index (χ4v) is 4.88. The number of carbonyl (C=O) groups excluding carboxylic acids is 2. The lowest BCUT2D eigenvalue weighted by atomic mass is 9.99. The minimum atomic E-state index is -0.132. The van der Waals surface area contributed by atoms with Crippen LogP contribution in [0.15, 0.2) is 55.0 Å². The Balaban J connectivity index is 1.30. The quantitative estimate of drug-likeness (QED) is 0.375. The van der Waals surface area contributed by atoms with E-state index < -0.39 is 0 Å². The van der Waals surface area contributed by atoms with Crippen molar-refractivity contribution in [3.05, 3.63) is 71.7 Å². The molecule has 1 aromatic carbocycles. The number of anilines is 3. The predicted octanol–water partition coefficient (Wildman–Crippen LogP) is 2.97. The van der Waals surface area contributed by atoms with Gasteiger partial charge >= 0.3 is 0 Å². The number of morpholine rings is 1. The molecule has 1 fully saturated rings. The molecule has 1 saturated heterocycles. The van der Waals surface area contributed by atoms with Gasteiger partial charge in [-0.3, -0.25) is 14.0 Å². The third kappa shape index (κ3) is 4.25. The van der Waals surface area contributed by atoms with E-state index in [4.69, 9.17) is 4.74 Å². The first-order valence-corrected chi connectivity index (χ1v) is 12.4. The molecule has 0 aliphatic carbocycles. The zero-order valence-electron chi connectivity index (χ0n) is 20.5. The Morgan fingerprint density at radius 3 is 2.76 bits per heavy atom. The van der Waals surface area contributed by atoms with Crippen LogP contribution < -0.4 is 20.9 Å². The summed E-state index contributed by atoms with van der Waals surface area (Å²) in [6.45, 7) is 6.00. The predicted molar refractivity (Wildman–Crippen MR) is 140 cm³/mol. The highest BCUT2D eigenvalue weighted by atomic mass is 16.5. The van der Waals surface area contributed by atoms with Gasteiger partial charge in [-0.15, -0.1) is 0 Å². The number of hydrogen-bond donors (Lipinski definition) is 3. The van der Waals surface area contributed by atoms with Crippen LogP contribution in [-0.4, -0.2) is 59.0 Å². The highest BCUT2D eigenvalue weighted by molar-refractivity contribution is 6.06. The molecule has 0 unspecified atom stereocenters. The molecule has 0 saturated carbocycles. The summed E-state index contributed by atoms with van der Waals surface area (Å²) >= 11 is 0. The molecule has 6 rings (SSSR count). The van der Waals surface area contributed by atoms with Crippen LogP contribution in [0.1, 0.15) is 33.2 Å². The monoisotopic (exact) mass is 497 g/mol. The average molecular weight is 498 g/mol. The first-order valence-electron chi connectivity index (χ1n) is 12.4. The molecule has 2 aliphatic rings. The van der Waals surface area contributed by atoms with Crippen LogP contribution in [-0.2, 0) is 11.3 Å². The molecule has 0 spiro atoms. The van der Waals surface area contributed by atoms with E-state index in [1.807, 2.05) is 48.0 Å². The van der Waals surface area contributed by atoms with Gasteiger partial charge in [-0.25, -0.2) is 9.97 Å². The number of aromatic nitrogens is 3. The molecule has 3 aromatic heterocycles. The van der Waals surface area contributed by atoms with Gasteiger partial charge in [-0.05, 0) is 42.8 Å². The van der Waals surface area contributed by atoms with E-state index in [1.54, 1.807) is 18.3 Å². The van der Waals surface area contributed by atoms with Gasteiger partial charge < -0.3 is 25.6 Å². The van der Waals surface area contributed by atoms with Gasteiger partial charge in [0, 0.05) is 43.5 Å². The Morgan fingerprint density at radius 2 is 1.97 bits per heavy atom. The van der Waals surface area contributed by atoms with E-state index in [0.29, 0.717) is 41.4 Å². The number of fused-ring (bicyclic) bond motifs is 2. The van der Waals surface area contributed by atoms with Crippen molar-refractivity contribution in [3.8, 4) is 11.3 Å². The molecule has 0 bridgehead atoms. The Kier molecular flexibility index (Phi) is 5.93. The maximum atomic E-state index is 12.8. The number of amides is 2. The normalized spacial score (nSPS) is 14.9. The summed E-state index contributed by atoms with van der Waals surface area (Å²) in [5.41, 5.74) is 6.23. The van der Waals surface area contributed by atoms with E-state index in [9.17, 15) is 9.59 Å². The zero-order chi connectivity index (χ0) is 25.4. The average Bonchev–Trinajstić information content (AvgIpc) is 3.54. The maximum Gasteiger partial charge on any atom is 0.254 e. The fourth-order valence-electron chi connectivity index (χ4n) is 4.88. The van der Waals surface area contributed by atoms with Gasteiger partial charge in [-0.2, -0.15) is 0 Å². The molecular formula is C27H27N7O3. The van der Waals surface area contributed by atoms with Gasteiger partial charge in [0.1, 0.15) is 11.5 Å². The smallest absolute Gasteiger partial charge is 0.254 e. The minimum absolute atomic E-state index is 0.128. The van der Waals surface area contributed by atoms with E-state index >= 15 is 0 Å². The minimum Gasteiger partial charge on any atom is -0.378 e. The molecule has 0 atom stereocenters. The molecule has 2 amide bonds. The molecule has 0 radical (unpaired) electrons. The van der Waals surface area contributed by atoms with Gasteiger partial charge in [0.05, 0.1) is 48.2 Å². The zero-order valence-corrected chi connectivity index (χ0v) is 20.5. The topological polar surface area (TPSA) is 113 Å². The number of pyridine rings is 2. The number of carbonyl (C=O) groups is 2. The van der Waals surface area contributed by atoms with Crippen molar-refractivity contribution in [2.75, 3.05) is 43.1 Å². The first kappa shape index (κ1) is 23.0. The first-order chi connectivity index (χ1) is 18.1. The van der Waals surface area contributed by atoms with Crippen molar-refractivity contribution in [2.24, 2.45) is 0 Å². The molecule has 5 heterocycles. The van der Waals surface area contributed by atoms with Gasteiger partial charge in [0.25, 0.3) is 11.8 Å².